The minimum atomic E-state index is 0. The van der Waals surface area contributed by atoms with Crippen LogP contribution in [0, 0.1) is 0 Å². The molecule has 0 aromatic carbocycles. The zero-order valence-corrected chi connectivity index (χ0v) is 10.0. The van der Waals surface area contributed by atoms with Gasteiger partial charge in [0.25, 0.3) is 0 Å². The third-order valence-electron chi connectivity index (χ3n) is 3.06. The molecule has 0 N–H and O–H groups in total. The quantitative estimate of drug-likeness (QED) is 0.463. The van der Waals surface area contributed by atoms with E-state index in [-0.39, 0.29) is 17.0 Å². The fourth-order valence-corrected chi connectivity index (χ4v) is 2.35. The van der Waals surface area contributed by atoms with Crippen molar-refractivity contribution in [2.75, 3.05) is 26.7 Å². The van der Waals surface area contributed by atoms with Crippen LogP contribution in [0.5, 0.6) is 0 Å². The van der Waals surface area contributed by atoms with Gasteiger partial charge in [-0.3, -0.25) is 9.48 Å². The smallest absolute Gasteiger partial charge is 0.246 e. The third-order valence-corrected chi connectivity index (χ3v) is 3.06. The summed E-state index contributed by atoms with van der Waals surface area (Å²) in [5, 5.41) is 0. The SMILES string of the molecule is C[N+]1=C2CCCCCN2CCC1.[Br-]. The molecular formula is C10H19BrN2. The largest absolute Gasteiger partial charge is 1.00 e. The lowest BCUT2D eigenvalue weighted by Gasteiger charge is -2.23. The molecule has 0 bridgehead atoms. The number of hydrogen-bond acceptors (Lipinski definition) is 1. The van der Waals surface area contributed by atoms with E-state index < -0.39 is 0 Å². The summed E-state index contributed by atoms with van der Waals surface area (Å²) in [7, 11) is 2.24. The van der Waals surface area contributed by atoms with Crippen LogP contribution in [0.4, 0.5) is 0 Å². The second-order valence-electron chi connectivity index (χ2n) is 3.99. The van der Waals surface area contributed by atoms with Gasteiger partial charge in [-0.2, -0.15) is 0 Å². The molecular weight excluding hydrogens is 228 g/mol. The monoisotopic (exact) mass is 246 g/mol. The Morgan fingerprint density at radius 1 is 1.08 bits per heavy atom. The highest BCUT2D eigenvalue weighted by molar-refractivity contribution is 5.78. The molecule has 0 unspecified atom stereocenters. The maximum absolute atomic E-state index is 2.59. The van der Waals surface area contributed by atoms with Gasteiger partial charge >= 0.3 is 0 Å². The number of nitrogens with zero attached hydrogens (tertiary/aromatic N) is 2. The third kappa shape index (κ3) is 2.46. The molecule has 1 saturated heterocycles. The van der Waals surface area contributed by atoms with Crippen LogP contribution in [-0.2, 0) is 0 Å². The normalized spacial score (nSPS) is 23.3. The van der Waals surface area contributed by atoms with Crippen LogP contribution in [0.1, 0.15) is 32.1 Å². The van der Waals surface area contributed by atoms with Crippen LogP contribution < -0.4 is 17.0 Å². The Hall–Kier alpha value is -0.0500. The highest BCUT2D eigenvalue weighted by Gasteiger charge is 2.26. The Morgan fingerprint density at radius 3 is 2.69 bits per heavy atom. The summed E-state index contributed by atoms with van der Waals surface area (Å²) >= 11 is 0. The summed E-state index contributed by atoms with van der Waals surface area (Å²) in [5.41, 5.74) is 0. The topological polar surface area (TPSA) is 6.25 Å². The maximum Gasteiger partial charge on any atom is 0.246 e. The molecule has 0 radical (unpaired) electrons. The average Bonchev–Trinajstić information content (AvgIpc) is 2.30. The van der Waals surface area contributed by atoms with E-state index in [4.69, 9.17) is 0 Å². The van der Waals surface area contributed by atoms with Crippen molar-refractivity contribution < 1.29 is 21.6 Å². The first kappa shape index (κ1) is 11.0. The van der Waals surface area contributed by atoms with Gasteiger partial charge < -0.3 is 17.0 Å². The van der Waals surface area contributed by atoms with Crippen LogP contribution >= 0.6 is 0 Å². The van der Waals surface area contributed by atoms with Crippen molar-refractivity contribution in [2.45, 2.75) is 32.1 Å². The lowest BCUT2D eigenvalue weighted by molar-refractivity contribution is -0.510. The summed E-state index contributed by atoms with van der Waals surface area (Å²) < 4.78 is 2.45. The van der Waals surface area contributed by atoms with E-state index in [1.165, 1.54) is 51.7 Å². The molecule has 1 fully saturated rings. The fraction of sp³-hybridized carbons (Fsp3) is 0.900. The lowest BCUT2D eigenvalue weighted by atomic mass is 10.2. The maximum atomic E-state index is 2.59. The van der Waals surface area contributed by atoms with Crippen molar-refractivity contribution in [2.24, 2.45) is 0 Å². The Bertz CT molecular complexity index is 201. The second kappa shape index (κ2) is 4.99. The molecule has 2 heterocycles. The molecule has 2 aliphatic rings. The molecule has 0 atom stereocenters. The van der Waals surface area contributed by atoms with Gasteiger partial charge in [-0.1, -0.05) is 0 Å². The average molecular weight is 247 g/mol. The highest BCUT2D eigenvalue weighted by Crippen LogP contribution is 2.14. The summed E-state index contributed by atoms with van der Waals surface area (Å²) in [4.78, 5) is 2.59. The molecule has 0 spiro atoms. The van der Waals surface area contributed by atoms with Gasteiger partial charge in [0.2, 0.25) is 5.84 Å². The van der Waals surface area contributed by atoms with Crippen molar-refractivity contribution in [1.29, 1.82) is 0 Å². The van der Waals surface area contributed by atoms with Crippen LogP contribution in [0.2, 0.25) is 0 Å². The second-order valence-corrected chi connectivity index (χ2v) is 3.99. The van der Waals surface area contributed by atoms with E-state index >= 15 is 0 Å². The van der Waals surface area contributed by atoms with Crippen LogP contribution in [0.3, 0.4) is 0 Å². The van der Waals surface area contributed by atoms with E-state index in [9.17, 15) is 0 Å². The van der Waals surface area contributed by atoms with Crippen LogP contribution in [0.25, 0.3) is 0 Å². The van der Waals surface area contributed by atoms with Gasteiger partial charge in [0.1, 0.15) is 0 Å². The van der Waals surface area contributed by atoms with Crippen molar-refractivity contribution in [3.8, 4) is 0 Å². The van der Waals surface area contributed by atoms with Crippen LogP contribution in [0.15, 0.2) is 0 Å². The molecule has 0 aliphatic carbocycles. The zero-order valence-electron chi connectivity index (χ0n) is 8.43. The summed E-state index contributed by atoms with van der Waals surface area (Å²) in [6.45, 7) is 3.88. The minimum Gasteiger partial charge on any atom is -1.00 e. The van der Waals surface area contributed by atoms with Crippen LogP contribution in [-0.4, -0.2) is 42.0 Å². The molecule has 13 heavy (non-hydrogen) atoms. The zero-order chi connectivity index (χ0) is 8.39. The van der Waals surface area contributed by atoms with Gasteiger partial charge in [0.05, 0.1) is 26.7 Å². The standard InChI is InChI=1S/C10H19N2.BrH/c1-11-7-5-9-12-8-4-2-3-6-10(11)12;/h2-9H2,1H3;1H/q+1;/p-1. The Kier molecular flexibility index (Phi) is 4.23. The predicted molar refractivity (Wildman–Crippen MR) is 50.7 cm³/mol. The van der Waals surface area contributed by atoms with Gasteiger partial charge in [-0.05, 0) is 19.3 Å². The van der Waals surface area contributed by atoms with Gasteiger partial charge in [-0.15, -0.1) is 0 Å². The molecule has 0 aromatic heterocycles. The minimum absolute atomic E-state index is 0. The van der Waals surface area contributed by atoms with E-state index in [2.05, 4.69) is 16.5 Å². The van der Waals surface area contributed by atoms with Gasteiger partial charge in [-0.25, -0.2) is 0 Å². The van der Waals surface area contributed by atoms with Crippen molar-refractivity contribution in [3.63, 3.8) is 0 Å². The molecule has 0 saturated carbocycles. The van der Waals surface area contributed by atoms with E-state index in [0.29, 0.717) is 0 Å². The van der Waals surface area contributed by atoms with E-state index in [1.807, 2.05) is 0 Å². The van der Waals surface area contributed by atoms with Crippen molar-refractivity contribution in [3.05, 3.63) is 0 Å². The Morgan fingerprint density at radius 2 is 1.85 bits per heavy atom. The summed E-state index contributed by atoms with van der Waals surface area (Å²) in [5.74, 6) is 1.61. The van der Waals surface area contributed by atoms with E-state index in [1.54, 1.807) is 5.84 Å². The number of rotatable bonds is 0. The summed E-state index contributed by atoms with van der Waals surface area (Å²) in [6.07, 6.45) is 6.89. The van der Waals surface area contributed by atoms with Crippen molar-refractivity contribution >= 4 is 5.84 Å². The number of fused-ring (bicyclic) bond motifs is 1. The summed E-state index contributed by atoms with van der Waals surface area (Å²) in [6, 6.07) is 0. The molecule has 3 heteroatoms. The molecule has 76 valence electrons. The Balaban J connectivity index is 0.000000845. The number of amidine groups is 1. The fourth-order valence-electron chi connectivity index (χ4n) is 2.35. The highest BCUT2D eigenvalue weighted by atomic mass is 79.9. The molecule has 2 rings (SSSR count). The van der Waals surface area contributed by atoms with Crippen molar-refractivity contribution in [1.82, 2.24) is 4.90 Å². The molecule has 2 aliphatic heterocycles. The molecule has 0 amide bonds. The molecule has 2 nitrogen and oxygen atoms in total. The first-order valence-electron chi connectivity index (χ1n) is 5.20. The molecule has 0 aromatic rings. The Labute approximate surface area is 91.4 Å². The number of hydrogen-bond donors (Lipinski definition) is 0. The lowest BCUT2D eigenvalue weighted by Crippen LogP contribution is -3.00. The van der Waals surface area contributed by atoms with Gasteiger partial charge in [0, 0.05) is 12.8 Å². The first-order valence-corrected chi connectivity index (χ1v) is 5.20. The first-order chi connectivity index (χ1) is 5.88. The van der Waals surface area contributed by atoms with Gasteiger partial charge in [0.15, 0.2) is 0 Å². The number of halogens is 1. The van der Waals surface area contributed by atoms with E-state index in [0.717, 1.165) is 0 Å². The predicted octanol–water partition coefficient (Wildman–Crippen LogP) is -1.69.